The van der Waals surface area contributed by atoms with E-state index in [0.29, 0.717) is 5.82 Å². The lowest BCUT2D eigenvalue weighted by molar-refractivity contribution is -0.115. The van der Waals surface area contributed by atoms with Gasteiger partial charge in [-0.25, -0.2) is 9.67 Å². The average Bonchev–Trinajstić information content (AvgIpc) is 3.29. The molecule has 0 bridgehead atoms. The summed E-state index contributed by atoms with van der Waals surface area (Å²) < 4.78 is 1.74. The number of hydrogen-bond donors (Lipinski definition) is 1. The molecular weight excluding hydrogens is 370 g/mol. The van der Waals surface area contributed by atoms with E-state index in [2.05, 4.69) is 20.4 Å². The van der Waals surface area contributed by atoms with Gasteiger partial charge in [0.1, 0.15) is 10.8 Å². The molecule has 7 heteroatoms. The molecule has 3 aromatic heterocycles. The number of carbonyl (C=O) groups is 1. The van der Waals surface area contributed by atoms with Crippen LogP contribution in [0.25, 0.3) is 16.4 Å². The number of benzene rings is 1. The minimum absolute atomic E-state index is 0.133. The Labute approximate surface area is 166 Å². The van der Waals surface area contributed by atoms with E-state index in [1.54, 1.807) is 10.9 Å². The second-order valence-corrected chi connectivity index (χ2v) is 7.36. The van der Waals surface area contributed by atoms with Crippen molar-refractivity contribution in [3.8, 4) is 16.4 Å². The Morgan fingerprint density at radius 1 is 1.14 bits per heavy atom. The summed E-state index contributed by atoms with van der Waals surface area (Å²) in [6.07, 6.45) is 1.93. The molecule has 1 amide bonds. The van der Waals surface area contributed by atoms with E-state index >= 15 is 0 Å². The molecule has 1 aromatic carbocycles. The molecule has 28 heavy (non-hydrogen) atoms. The lowest BCUT2D eigenvalue weighted by Gasteiger charge is -2.09. The van der Waals surface area contributed by atoms with E-state index in [1.807, 2.05) is 67.8 Å². The van der Waals surface area contributed by atoms with E-state index in [9.17, 15) is 4.79 Å². The minimum Gasteiger partial charge on any atom is -0.310 e. The first kappa shape index (κ1) is 18.1. The fraction of sp³-hybridized carbons (Fsp3) is 0.143. The van der Waals surface area contributed by atoms with Gasteiger partial charge in [0, 0.05) is 17.6 Å². The van der Waals surface area contributed by atoms with Crippen molar-refractivity contribution in [2.24, 2.45) is 0 Å². The van der Waals surface area contributed by atoms with Gasteiger partial charge in [-0.2, -0.15) is 5.10 Å². The molecule has 0 aliphatic heterocycles. The van der Waals surface area contributed by atoms with E-state index in [1.165, 1.54) is 16.9 Å². The van der Waals surface area contributed by atoms with Gasteiger partial charge in [0.15, 0.2) is 0 Å². The van der Waals surface area contributed by atoms with Crippen LogP contribution in [0.2, 0.25) is 0 Å². The summed E-state index contributed by atoms with van der Waals surface area (Å²) in [7, 11) is 0. The van der Waals surface area contributed by atoms with Crippen LogP contribution >= 0.6 is 11.3 Å². The molecular formula is C21H19N5OS. The number of pyridine rings is 1. The summed E-state index contributed by atoms with van der Waals surface area (Å²) in [5.41, 5.74) is 4.45. The van der Waals surface area contributed by atoms with Crippen molar-refractivity contribution in [1.82, 2.24) is 19.7 Å². The highest BCUT2D eigenvalue weighted by Crippen LogP contribution is 2.22. The maximum Gasteiger partial charge on any atom is 0.231 e. The molecule has 0 aliphatic rings. The second-order valence-electron chi connectivity index (χ2n) is 6.50. The Morgan fingerprint density at radius 2 is 1.96 bits per heavy atom. The monoisotopic (exact) mass is 389 g/mol. The van der Waals surface area contributed by atoms with Crippen LogP contribution in [0.4, 0.5) is 5.82 Å². The van der Waals surface area contributed by atoms with Gasteiger partial charge in [0.25, 0.3) is 0 Å². The highest BCUT2D eigenvalue weighted by Gasteiger charge is 2.13. The summed E-state index contributed by atoms with van der Waals surface area (Å²) in [6.45, 7) is 3.94. The summed E-state index contributed by atoms with van der Waals surface area (Å²) in [6, 6.07) is 15.6. The first-order valence-corrected chi connectivity index (χ1v) is 9.76. The number of amides is 1. The number of thiazole rings is 1. The lowest BCUT2D eigenvalue weighted by atomic mass is 10.2. The van der Waals surface area contributed by atoms with E-state index in [-0.39, 0.29) is 12.3 Å². The van der Waals surface area contributed by atoms with Crippen LogP contribution in [0.3, 0.4) is 0 Å². The summed E-state index contributed by atoms with van der Waals surface area (Å²) >= 11 is 1.49. The van der Waals surface area contributed by atoms with Gasteiger partial charge < -0.3 is 5.32 Å². The van der Waals surface area contributed by atoms with Gasteiger partial charge in [-0.3, -0.25) is 9.78 Å². The van der Waals surface area contributed by atoms with Crippen molar-refractivity contribution in [2.45, 2.75) is 20.3 Å². The minimum atomic E-state index is -0.133. The Balaban J connectivity index is 1.49. The number of aromatic nitrogens is 4. The van der Waals surface area contributed by atoms with Gasteiger partial charge in [-0.1, -0.05) is 23.8 Å². The fourth-order valence-corrected chi connectivity index (χ4v) is 3.61. The smallest absolute Gasteiger partial charge is 0.231 e. The number of nitrogens with zero attached hydrogens (tertiary/aromatic N) is 4. The molecule has 1 N–H and O–H groups in total. The molecule has 0 unspecified atom stereocenters. The van der Waals surface area contributed by atoms with Gasteiger partial charge in [0.2, 0.25) is 5.91 Å². The average molecular weight is 389 g/mol. The van der Waals surface area contributed by atoms with Crippen molar-refractivity contribution in [1.29, 1.82) is 0 Å². The van der Waals surface area contributed by atoms with Crippen molar-refractivity contribution in [2.75, 3.05) is 5.32 Å². The van der Waals surface area contributed by atoms with Crippen molar-refractivity contribution in [3.05, 3.63) is 77.1 Å². The summed E-state index contributed by atoms with van der Waals surface area (Å²) in [5.74, 6) is 0.512. The normalized spacial score (nSPS) is 10.8. The van der Waals surface area contributed by atoms with Crippen LogP contribution < -0.4 is 5.32 Å². The van der Waals surface area contributed by atoms with Crippen LogP contribution in [0, 0.1) is 13.8 Å². The fourth-order valence-electron chi connectivity index (χ4n) is 2.82. The van der Waals surface area contributed by atoms with Gasteiger partial charge >= 0.3 is 0 Å². The van der Waals surface area contributed by atoms with Crippen LogP contribution in [0.1, 0.15) is 17.0 Å². The van der Waals surface area contributed by atoms with E-state index in [4.69, 9.17) is 0 Å². The molecule has 3 heterocycles. The number of rotatable bonds is 5. The van der Waals surface area contributed by atoms with Crippen LogP contribution in [-0.4, -0.2) is 25.7 Å². The molecule has 0 aliphatic carbocycles. The molecule has 4 aromatic rings. The maximum atomic E-state index is 12.6. The Bertz CT molecular complexity index is 1100. The third-order valence-electron chi connectivity index (χ3n) is 4.15. The largest absolute Gasteiger partial charge is 0.310 e. The first-order chi connectivity index (χ1) is 13.6. The SMILES string of the molecule is Cc1ccc(-n2nc(C)cc2NC(=O)Cc2csc(-c3ccccn3)n2)cc1. The predicted octanol–water partition coefficient (Wildman–Crippen LogP) is 4.19. The Kier molecular flexibility index (Phi) is 4.99. The van der Waals surface area contributed by atoms with E-state index in [0.717, 1.165) is 27.8 Å². The highest BCUT2D eigenvalue weighted by molar-refractivity contribution is 7.13. The van der Waals surface area contributed by atoms with Crippen LogP contribution in [0.15, 0.2) is 60.1 Å². The third-order valence-corrected chi connectivity index (χ3v) is 5.07. The molecule has 0 spiro atoms. The highest BCUT2D eigenvalue weighted by atomic mass is 32.1. The molecule has 0 saturated heterocycles. The number of aryl methyl sites for hydroxylation is 2. The molecule has 6 nitrogen and oxygen atoms in total. The molecule has 140 valence electrons. The third kappa shape index (κ3) is 3.99. The van der Waals surface area contributed by atoms with Crippen molar-refractivity contribution in [3.63, 3.8) is 0 Å². The molecule has 0 saturated carbocycles. The summed E-state index contributed by atoms with van der Waals surface area (Å²) in [5, 5.41) is 10.2. The predicted molar refractivity (Wildman–Crippen MR) is 111 cm³/mol. The van der Waals surface area contributed by atoms with Crippen molar-refractivity contribution < 1.29 is 4.79 Å². The lowest BCUT2D eigenvalue weighted by Crippen LogP contribution is -2.17. The second kappa shape index (κ2) is 7.74. The van der Waals surface area contributed by atoms with Gasteiger partial charge in [0.05, 0.1) is 29.2 Å². The van der Waals surface area contributed by atoms with Crippen molar-refractivity contribution >= 4 is 23.1 Å². The van der Waals surface area contributed by atoms with Gasteiger partial charge in [-0.05, 0) is 38.1 Å². The molecule has 0 atom stereocenters. The van der Waals surface area contributed by atoms with Crippen LogP contribution in [-0.2, 0) is 11.2 Å². The number of hydrogen-bond acceptors (Lipinski definition) is 5. The number of nitrogens with one attached hydrogen (secondary N) is 1. The number of anilines is 1. The standard InChI is InChI=1S/C21H19N5OS/c1-14-6-8-17(9-7-14)26-19(11-15(2)25-26)24-20(27)12-16-13-28-21(23-16)18-5-3-4-10-22-18/h3-11,13H,12H2,1-2H3,(H,24,27). The first-order valence-electron chi connectivity index (χ1n) is 8.88. The summed E-state index contributed by atoms with van der Waals surface area (Å²) in [4.78, 5) is 21.4. The van der Waals surface area contributed by atoms with Gasteiger partial charge in [-0.15, -0.1) is 11.3 Å². The quantitative estimate of drug-likeness (QED) is 0.555. The Morgan fingerprint density at radius 3 is 2.71 bits per heavy atom. The zero-order valence-electron chi connectivity index (χ0n) is 15.6. The molecule has 0 radical (unpaired) electrons. The molecule has 4 rings (SSSR count). The zero-order chi connectivity index (χ0) is 19.5. The number of carbonyl (C=O) groups excluding carboxylic acids is 1. The maximum absolute atomic E-state index is 12.6. The molecule has 0 fully saturated rings. The zero-order valence-corrected chi connectivity index (χ0v) is 16.4. The van der Waals surface area contributed by atoms with E-state index < -0.39 is 0 Å². The topological polar surface area (TPSA) is 72.7 Å². The Hall–Kier alpha value is -3.32. The van der Waals surface area contributed by atoms with Crippen LogP contribution in [0.5, 0.6) is 0 Å².